The van der Waals surface area contributed by atoms with Gasteiger partial charge in [-0.2, -0.15) is 0 Å². The third-order valence-electron chi connectivity index (χ3n) is 3.10. The summed E-state index contributed by atoms with van der Waals surface area (Å²) in [6.07, 6.45) is 1.33. The lowest BCUT2D eigenvalue weighted by atomic mass is 10.3. The molecule has 0 spiro atoms. The number of benzene rings is 1. The first-order chi connectivity index (χ1) is 10.5. The molecular formula is C15H12FN3O2S. The molecule has 2 aromatic heterocycles. The number of aryl methyl sites for hydroxylation is 1. The Morgan fingerprint density at radius 3 is 2.95 bits per heavy atom. The highest BCUT2D eigenvalue weighted by molar-refractivity contribution is 7.18. The molecule has 0 aliphatic heterocycles. The van der Waals surface area contributed by atoms with Crippen LogP contribution < -0.4 is 10.9 Å². The van der Waals surface area contributed by atoms with Crippen molar-refractivity contribution in [2.45, 2.75) is 13.5 Å². The summed E-state index contributed by atoms with van der Waals surface area (Å²) < 4.78 is 14.7. The number of hydrogen-bond acceptors (Lipinski definition) is 4. The van der Waals surface area contributed by atoms with Gasteiger partial charge >= 0.3 is 0 Å². The molecule has 1 amide bonds. The van der Waals surface area contributed by atoms with E-state index in [1.165, 1.54) is 40.4 Å². The van der Waals surface area contributed by atoms with Gasteiger partial charge in [0.2, 0.25) is 5.91 Å². The smallest absolute Gasteiger partial charge is 0.262 e. The summed E-state index contributed by atoms with van der Waals surface area (Å²) in [4.78, 5) is 30.0. The highest BCUT2D eigenvalue weighted by Gasteiger charge is 2.11. The van der Waals surface area contributed by atoms with Crippen molar-refractivity contribution in [1.82, 2.24) is 9.55 Å². The zero-order chi connectivity index (χ0) is 15.7. The van der Waals surface area contributed by atoms with E-state index in [4.69, 9.17) is 0 Å². The summed E-state index contributed by atoms with van der Waals surface area (Å²) >= 11 is 1.42. The van der Waals surface area contributed by atoms with Crippen molar-refractivity contribution in [2.75, 3.05) is 5.32 Å². The first kappa shape index (κ1) is 14.4. The van der Waals surface area contributed by atoms with Crippen LogP contribution in [0.3, 0.4) is 0 Å². The maximum atomic E-state index is 13.5. The van der Waals surface area contributed by atoms with Crippen molar-refractivity contribution in [3.8, 4) is 0 Å². The second kappa shape index (κ2) is 5.69. The maximum absolute atomic E-state index is 13.5. The van der Waals surface area contributed by atoms with Crippen LogP contribution >= 0.6 is 11.3 Å². The minimum absolute atomic E-state index is 0.0842. The van der Waals surface area contributed by atoms with Crippen LogP contribution in [0.25, 0.3) is 10.2 Å². The number of nitrogens with one attached hydrogen (secondary N) is 1. The summed E-state index contributed by atoms with van der Waals surface area (Å²) in [6.45, 7) is 1.67. The van der Waals surface area contributed by atoms with Crippen LogP contribution in [0.2, 0.25) is 0 Å². The molecule has 0 unspecified atom stereocenters. The van der Waals surface area contributed by atoms with Crippen molar-refractivity contribution in [1.29, 1.82) is 0 Å². The monoisotopic (exact) mass is 317 g/mol. The number of rotatable bonds is 3. The van der Waals surface area contributed by atoms with E-state index in [1.54, 1.807) is 12.1 Å². The van der Waals surface area contributed by atoms with Gasteiger partial charge in [-0.3, -0.25) is 14.2 Å². The van der Waals surface area contributed by atoms with Gasteiger partial charge in [0.15, 0.2) is 0 Å². The summed E-state index contributed by atoms with van der Waals surface area (Å²) in [5.74, 6) is -1.01. The van der Waals surface area contributed by atoms with Crippen LogP contribution in [-0.2, 0) is 11.3 Å². The Bertz CT molecular complexity index is 917. The molecule has 0 atom stereocenters. The summed E-state index contributed by atoms with van der Waals surface area (Å²) in [7, 11) is 0. The lowest BCUT2D eigenvalue weighted by Crippen LogP contribution is -2.27. The standard InChI is InChI=1S/C15H12FN3O2S/c1-9-6-10-14(22-9)17-8-19(15(10)21)7-13(20)18-12-5-3-2-4-11(12)16/h2-6,8H,7H2,1H3,(H,18,20). The molecule has 3 aromatic rings. The summed E-state index contributed by atoms with van der Waals surface area (Å²) in [5, 5.41) is 2.93. The molecule has 5 nitrogen and oxygen atoms in total. The van der Waals surface area contributed by atoms with E-state index in [-0.39, 0.29) is 17.8 Å². The van der Waals surface area contributed by atoms with Crippen LogP contribution in [0, 0.1) is 12.7 Å². The van der Waals surface area contributed by atoms with Gasteiger partial charge in [0.1, 0.15) is 17.2 Å². The largest absolute Gasteiger partial charge is 0.322 e. The molecule has 0 aliphatic rings. The van der Waals surface area contributed by atoms with Gasteiger partial charge in [0.05, 0.1) is 17.4 Å². The van der Waals surface area contributed by atoms with Crippen molar-refractivity contribution < 1.29 is 9.18 Å². The Morgan fingerprint density at radius 2 is 2.18 bits per heavy atom. The molecule has 7 heteroatoms. The molecule has 0 fully saturated rings. The normalized spacial score (nSPS) is 10.8. The molecule has 0 radical (unpaired) electrons. The first-order valence-electron chi connectivity index (χ1n) is 6.54. The summed E-state index contributed by atoms with van der Waals surface area (Å²) in [5.41, 5.74) is -0.195. The predicted molar refractivity (Wildman–Crippen MR) is 83.6 cm³/mol. The zero-order valence-corrected chi connectivity index (χ0v) is 12.5. The number of hydrogen-bond donors (Lipinski definition) is 1. The zero-order valence-electron chi connectivity index (χ0n) is 11.7. The minimum atomic E-state index is -0.523. The van der Waals surface area contributed by atoms with Crippen LogP contribution in [0.15, 0.2) is 41.5 Å². The average molecular weight is 317 g/mol. The van der Waals surface area contributed by atoms with Crippen molar-refractivity contribution in [3.63, 3.8) is 0 Å². The fourth-order valence-corrected chi connectivity index (χ4v) is 2.94. The van der Waals surface area contributed by atoms with Gasteiger partial charge in [-0.05, 0) is 25.1 Å². The van der Waals surface area contributed by atoms with E-state index in [1.807, 2.05) is 6.92 Å². The first-order valence-corrected chi connectivity index (χ1v) is 7.36. The van der Waals surface area contributed by atoms with Crippen molar-refractivity contribution in [3.05, 3.63) is 57.7 Å². The van der Waals surface area contributed by atoms with E-state index in [2.05, 4.69) is 10.3 Å². The molecule has 2 heterocycles. The Morgan fingerprint density at radius 1 is 1.41 bits per heavy atom. The van der Waals surface area contributed by atoms with E-state index in [0.717, 1.165) is 4.88 Å². The fourth-order valence-electron chi connectivity index (χ4n) is 2.10. The Hall–Kier alpha value is -2.54. The number of aromatic nitrogens is 2. The molecule has 22 heavy (non-hydrogen) atoms. The van der Waals surface area contributed by atoms with Gasteiger partial charge in [0, 0.05) is 4.88 Å². The Labute approximate surface area is 129 Å². The number of thiophene rings is 1. The average Bonchev–Trinajstić information content (AvgIpc) is 2.86. The predicted octanol–water partition coefficient (Wildman–Crippen LogP) is 2.54. The fraction of sp³-hybridized carbons (Fsp3) is 0.133. The lowest BCUT2D eigenvalue weighted by Gasteiger charge is -2.07. The van der Waals surface area contributed by atoms with E-state index in [0.29, 0.717) is 10.2 Å². The SMILES string of the molecule is Cc1cc2c(=O)n(CC(=O)Nc3ccccc3F)cnc2s1. The topological polar surface area (TPSA) is 64.0 Å². The number of amides is 1. The number of fused-ring (bicyclic) bond motifs is 1. The Balaban J connectivity index is 1.84. The number of halogens is 1. The van der Waals surface area contributed by atoms with Gasteiger partial charge in [0.25, 0.3) is 5.56 Å². The van der Waals surface area contributed by atoms with Gasteiger partial charge in [-0.25, -0.2) is 9.37 Å². The molecule has 112 valence electrons. The number of anilines is 1. The maximum Gasteiger partial charge on any atom is 0.262 e. The molecule has 0 saturated heterocycles. The second-order valence-electron chi connectivity index (χ2n) is 4.78. The lowest BCUT2D eigenvalue weighted by molar-refractivity contribution is -0.116. The second-order valence-corrected chi connectivity index (χ2v) is 6.02. The van der Waals surface area contributed by atoms with Crippen LogP contribution in [0.1, 0.15) is 4.88 Å². The highest BCUT2D eigenvalue weighted by atomic mass is 32.1. The summed E-state index contributed by atoms with van der Waals surface area (Å²) in [6, 6.07) is 7.61. The molecular weight excluding hydrogens is 305 g/mol. The van der Waals surface area contributed by atoms with Crippen LogP contribution in [0.4, 0.5) is 10.1 Å². The van der Waals surface area contributed by atoms with Crippen LogP contribution in [0.5, 0.6) is 0 Å². The minimum Gasteiger partial charge on any atom is -0.322 e. The molecule has 1 N–H and O–H groups in total. The molecule has 0 saturated carbocycles. The van der Waals surface area contributed by atoms with Gasteiger partial charge in [-0.15, -0.1) is 11.3 Å². The van der Waals surface area contributed by atoms with E-state index < -0.39 is 11.7 Å². The van der Waals surface area contributed by atoms with Crippen molar-refractivity contribution in [2.24, 2.45) is 0 Å². The van der Waals surface area contributed by atoms with E-state index in [9.17, 15) is 14.0 Å². The van der Waals surface area contributed by atoms with E-state index >= 15 is 0 Å². The third-order valence-corrected chi connectivity index (χ3v) is 4.06. The number of para-hydroxylation sites is 1. The molecule has 0 aliphatic carbocycles. The number of carbonyl (C=O) groups excluding carboxylic acids is 1. The van der Waals surface area contributed by atoms with Gasteiger partial charge in [-0.1, -0.05) is 12.1 Å². The molecule has 1 aromatic carbocycles. The molecule has 0 bridgehead atoms. The third kappa shape index (κ3) is 2.75. The quantitative estimate of drug-likeness (QED) is 0.807. The molecule has 3 rings (SSSR count). The van der Waals surface area contributed by atoms with Crippen molar-refractivity contribution >= 4 is 33.1 Å². The van der Waals surface area contributed by atoms with Gasteiger partial charge < -0.3 is 5.32 Å². The highest BCUT2D eigenvalue weighted by Crippen LogP contribution is 2.19. The van der Waals surface area contributed by atoms with Crippen LogP contribution in [-0.4, -0.2) is 15.5 Å². The Kier molecular flexibility index (Phi) is 3.72. The number of nitrogens with zero attached hydrogens (tertiary/aromatic N) is 2. The number of carbonyl (C=O) groups is 1.